The molecule has 0 aromatic carbocycles. The third-order valence-corrected chi connectivity index (χ3v) is 4.14. The van der Waals surface area contributed by atoms with Crippen molar-refractivity contribution >= 4 is 12.0 Å². The van der Waals surface area contributed by atoms with Crippen LogP contribution in [0.3, 0.4) is 0 Å². The van der Waals surface area contributed by atoms with Gasteiger partial charge in [-0.15, -0.1) is 0 Å². The molecular weight excluding hydrogens is 270 g/mol. The van der Waals surface area contributed by atoms with Crippen LogP contribution in [0.1, 0.15) is 31.2 Å². The number of nitrogens with zero attached hydrogens (tertiary/aromatic N) is 2. The number of hydrogen-bond acceptors (Lipinski definition) is 3. The fraction of sp³-hybridized carbons (Fsp3) is 0.533. The van der Waals surface area contributed by atoms with Gasteiger partial charge in [-0.3, -0.25) is 9.78 Å². The van der Waals surface area contributed by atoms with Crippen LogP contribution in [-0.2, 0) is 11.3 Å². The Bertz CT molecular complexity index is 547. The largest absolute Gasteiger partial charge is 0.481 e. The van der Waals surface area contributed by atoms with E-state index in [-0.39, 0.29) is 12.6 Å². The lowest BCUT2D eigenvalue weighted by Gasteiger charge is -2.23. The van der Waals surface area contributed by atoms with Gasteiger partial charge < -0.3 is 15.3 Å². The molecular formula is C15H21N3O3. The number of aryl methyl sites for hydroxylation is 1. The lowest BCUT2D eigenvalue weighted by Crippen LogP contribution is -2.41. The molecule has 6 heteroatoms. The van der Waals surface area contributed by atoms with Gasteiger partial charge in [0.1, 0.15) is 0 Å². The van der Waals surface area contributed by atoms with E-state index in [0.717, 1.165) is 11.4 Å². The van der Waals surface area contributed by atoms with Crippen molar-refractivity contribution in [3.8, 4) is 0 Å². The first-order valence-corrected chi connectivity index (χ1v) is 7.15. The minimum Gasteiger partial charge on any atom is -0.481 e. The van der Waals surface area contributed by atoms with Crippen molar-refractivity contribution < 1.29 is 14.7 Å². The van der Waals surface area contributed by atoms with Gasteiger partial charge in [0.15, 0.2) is 0 Å². The summed E-state index contributed by atoms with van der Waals surface area (Å²) in [7, 11) is 0. The number of amides is 2. The van der Waals surface area contributed by atoms with Crippen LogP contribution >= 0.6 is 0 Å². The topological polar surface area (TPSA) is 82.5 Å². The normalized spacial score (nSPS) is 21.3. The standard InChI is InChI=1S/C15H21N3O3/c1-3-15(13(19)20)7-8-18(10-15)14(21)16-9-12-6-4-5-11(2)17-12/h4-6H,3,7-10H2,1-2H3,(H,16,21)(H,19,20). The van der Waals surface area contributed by atoms with Crippen molar-refractivity contribution in [1.29, 1.82) is 0 Å². The highest BCUT2D eigenvalue weighted by Gasteiger charge is 2.44. The molecule has 2 rings (SSSR count). The molecule has 0 spiro atoms. The molecule has 0 aliphatic carbocycles. The van der Waals surface area contributed by atoms with Crippen LogP contribution in [0.4, 0.5) is 4.79 Å². The molecule has 0 bridgehead atoms. The number of nitrogens with one attached hydrogen (secondary N) is 1. The Morgan fingerprint density at radius 3 is 2.81 bits per heavy atom. The second-order valence-electron chi connectivity index (χ2n) is 5.54. The van der Waals surface area contributed by atoms with E-state index in [9.17, 15) is 14.7 Å². The Hall–Kier alpha value is -2.11. The maximum absolute atomic E-state index is 12.1. The number of hydrogen-bond donors (Lipinski definition) is 2. The van der Waals surface area contributed by atoms with Crippen LogP contribution < -0.4 is 5.32 Å². The molecule has 0 radical (unpaired) electrons. The predicted octanol–water partition coefficient (Wildman–Crippen LogP) is 1.79. The molecule has 1 aromatic rings. The van der Waals surface area contributed by atoms with Gasteiger partial charge in [0.2, 0.25) is 0 Å². The number of aliphatic carboxylic acids is 1. The summed E-state index contributed by atoms with van der Waals surface area (Å²) in [6.07, 6.45) is 1.04. The Morgan fingerprint density at radius 2 is 2.24 bits per heavy atom. The fourth-order valence-corrected chi connectivity index (χ4v) is 2.64. The highest BCUT2D eigenvalue weighted by molar-refractivity contribution is 5.79. The van der Waals surface area contributed by atoms with Gasteiger partial charge >= 0.3 is 12.0 Å². The van der Waals surface area contributed by atoms with E-state index in [2.05, 4.69) is 10.3 Å². The van der Waals surface area contributed by atoms with E-state index >= 15 is 0 Å². The maximum Gasteiger partial charge on any atom is 0.317 e. The number of rotatable bonds is 4. The van der Waals surface area contributed by atoms with Gasteiger partial charge in [-0.2, -0.15) is 0 Å². The average Bonchev–Trinajstić information content (AvgIpc) is 2.91. The van der Waals surface area contributed by atoms with Crippen molar-refractivity contribution in [1.82, 2.24) is 15.2 Å². The molecule has 114 valence electrons. The average molecular weight is 291 g/mol. The van der Waals surface area contributed by atoms with E-state index in [4.69, 9.17) is 0 Å². The Morgan fingerprint density at radius 1 is 1.48 bits per heavy atom. The third kappa shape index (κ3) is 3.32. The van der Waals surface area contributed by atoms with Crippen molar-refractivity contribution in [3.05, 3.63) is 29.6 Å². The predicted molar refractivity (Wildman–Crippen MR) is 77.8 cm³/mol. The summed E-state index contributed by atoms with van der Waals surface area (Å²) in [5, 5.41) is 12.1. The molecule has 0 saturated carbocycles. The summed E-state index contributed by atoms with van der Waals surface area (Å²) in [6, 6.07) is 5.42. The fourth-order valence-electron chi connectivity index (χ4n) is 2.64. The van der Waals surface area contributed by atoms with Crippen molar-refractivity contribution in [3.63, 3.8) is 0 Å². The Balaban J connectivity index is 1.92. The molecule has 6 nitrogen and oxygen atoms in total. The molecule has 2 N–H and O–H groups in total. The van der Waals surface area contributed by atoms with Crippen LogP contribution in [-0.4, -0.2) is 40.1 Å². The molecule has 1 fully saturated rings. The lowest BCUT2D eigenvalue weighted by atomic mass is 9.84. The van der Waals surface area contributed by atoms with Gasteiger partial charge in [-0.1, -0.05) is 13.0 Å². The van der Waals surface area contributed by atoms with E-state index in [1.807, 2.05) is 32.0 Å². The molecule has 21 heavy (non-hydrogen) atoms. The number of likely N-dealkylation sites (tertiary alicyclic amines) is 1. The van der Waals surface area contributed by atoms with E-state index in [1.165, 1.54) is 0 Å². The molecule has 2 heterocycles. The van der Waals surface area contributed by atoms with Crippen LogP contribution in [0.5, 0.6) is 0 Å². The first-order valence-electron chi connectivity index (χ1n) is 7.15. The van der Waals surface area contributed by atoms with Crippen LogP contribution in [0, 0.1) is 12.3 Å². The number of carbonyl (C=O) groups is 2. The van der Waals surface area contributed by atoms with Crippen LogP contribution in [0.25, 0.3) is 0 Å². The van der Waals surface area contributed by atoms with Crippen molar-refractivity contribution in [2.24, 2.45) is 5.41 Å². The summed E-state index contributed by atoms with van der Waals surface area (Å²) in [6.45, 7) is 4.85. The van der Waals surface area contributed by atoms with Gasteiger partial charge in [-0.05, 0) is 31.9 Å². The maximum atomic E-state index is 12.1. The van der Waals surface area contributed by atoms with Gasteiger partial charge in [0.05, 0.1) is 17.7 Å². The van der Waals surface area contributed by atoms with Gasteiger partial charge in [-0.25, -0.2) is 4.79 Å². The quantitative estimate of drug-likeness (QED) is 0.886. The zero-order valence-electron chi connectivity index (χ0n) is 12.4. The summed E-state index contributed by atoms with van der Waals surface area (Å²) in [4.78, 5) is 29.4. The number of urea groups is 1. The number of carboxylic acids is 1. The molecule has 1 unspecified atom stereocenters. The van der Waals surface area contributed by atoms with E-state index in [0.29, 0.717) is 25.9 Å². The number of carbonyl (C=O) groups excluding carboxylic acids is 1. The third-order valence-electron chi connectivity index (χ3n) is 4.14. The molecule has 2 amide bonds. The van der Waals surface area contributed by atoms with Crippen LogP contribution in [0.2, 0.25) is 0 Å². The molecule has 1 atom stereocenters. The Kier molecular flexibility index (Phi) is 4.45. The first kappa shape index (κ1) is 15.3. The number of carboxylic acid groups (broad SMARTS) is 1. The number of aromatic nitrogens is 1. The summed E-state index contributed by atoms with van der Waals surface area (Å²) >= 11 is 0. The Labute approximate surface area is 124 Å². The second-order valence-corrected chi connectivity index (χ2v) is 5.54. The smallest absolute Gasteiger partial charge is 0.317 e. The highest BCUT2D eigenvalue weighted by atomic mass is 16.4. The molecule has 1 aromatic heterocycles. The van der Waals surface area contributed by atoms with E-state index < -0.39 is 11.4 Å². The van der Waals surface area contributed by atoms with Crippen molar-refractivity contribution in [2.45, 2.75) is 33.2 Å². The molecule has 1 aliphatic heterocycles. The van der Waals surface area contributed by atoms with Crippen LogP contribution in [0.15, 0.2) is 18.2 Å². The summed E-state index contributed by atoms with van der Waals surface area (Å²) in [5.74, 6) is -0.819. The lowest BCUT2D eigenvalue weighted by molar-refractivity contribution is -0.148. The zero-order valence-corrected chi connectivity index (χ0v) is 12.4. The minimum absolute atomic E-state index is 0.227. The van der Waals surface area contributed by atoms with Crippen molar-refractivity contribution in [2.75, 3.05) is 13.1 Å². The zero-order chi connectivity index (χ0) is 15.5. The van der Waals surface area contributed by atoms with E-state index in [1.54, 1.807) is 4.90 Å². The van der Waals surface area contributed by atoms with Gasteiger partial charge in [0, 0.05) is 18.8 Å². The monoisotopic (exact) mass is 291 g/mol. The molecule has 1 saturated heterocycles. The minimum atomic E-state index is -0.819. The number of pyridine rings is 1. The molecule has 1 aliphatic rings. The summed E-state index contributed by atoms with van der Waals surface area (Å²) in [5.41, 5.74) is 0.903. The highest BCUT2D eigenvalue weighted by Crippen LogP contribution is 2.34. The van der Waals surface area contributed by atoms with Gasteiger partial charge in [0.25, 0.3) is 0 Å². The SMILES string of the molecule is CCC1(C(=O)O)CCN(C(=O)NCc2cccc(C)n2)C1. The second kappa shape index (κ2) is 6.11. The first-order chi connectivity index (χ1) is 9.97. The summed E-state index contributed by atoms with van der Waals surface area (Å²) < 4.78 is 0.